The third kappa shape index (κ3) is 2.26. The molecule has 0 radical (unpaired) electrons. The molecule has 2 aromatic carbocycles. The molecule has 0 amide bonds. The fraction of sp³-hybridized carbons (Fsp3) is 0.167. The number of halogens is 1. The molecule has 1 atom stereocenters. The summed E-state index contributed by atoms with van der Waals surface area (Å²) >= 11 is 0. The van der Waals surface area contributed by atoms with Crippen LogP contribution in [0.2, 0.25) is 0 Å². The summed E-state index contributed by atoms with van der Waals surface area (Å²) < 4.78 is 19.6. The van der Waals surface area contributed by atoms with Gasteiger partial charge in [-0.3, -0.25) is 0 Å². The summed E-state index contributed by atoms with van der Waals surface area (Å²) in [6, 6.07) is 13.7. The highest BCUT2D eigenvalue weighted by Crippen LogP contribution is 2.42. The lowest BCUT2D eigenvalue weighted by Gasteiger charge is -2.16. The smallest absolute Gasteiger partial charge is 0.147 e. The molecule has 0 aromatic heterocycles. The largest absolute Gasteiger partial charge is 0.483 e. The van der Waals surface area contributed by atoms with Crippen LogP contribution in [-0.4, -0.2) is 11.7 Å². The Morgan fingerprint density at radius 3 is 2.77 bits per heavy atom. The Hall–Kier alpha value is -2.64. The van der Waals surface area contributed by atoms with E-state index in [1.165, 1.54) is 18.2 Å². The van der Waals surface area contributed by atoms with E-state index >= 15 is 0 Å². The molecule has 2 aromatic rings. The summed E-state index contributed by atoms with van der Waals surface area (Å²) in [6.45, 7) is 1.49. The highest BCUT2D eigenvalue weighted by molar-refractivity contribution is 5.88. The van der Waals surface area contributed by atoms with Gasteiger partial charge in [-0.1, -0.05) is 24.3 Å². The fourth-order valence-corrected chi connectivity index (χ4v) is 2.76. The van der Waals surface area contributed by atoms with E-state index in [1.54, 1.807) is 6.92 Å². The second kappa shape index (κ2) is 5.63. The van der Waals surface area contributed by atoms with Crippen molar-refractivity contribution in [2.24, 2.45) is 0 Å². The van der Waals surface area contributed by atoms with Crippen LogP contribution in [0.25, 0.3) is 5.57 Å². The molecule has 0 aliphatic carbocycles. The number of aliphatic hydroxyl groups is 1. The first-order valence-electron chi connectivity index (χ1n) is 6.93. The number of benzene rings is 2. The molecule has 22 heavy (non-hydrogen) atoms. The van der Waals surface area contributed by atoms with Crippen molar-refractivity contribution >= 4 is 5.57 Å². The minimum atomic E-state index is -0.551. The molecule has 3 rings (SSSR count). The van der Waals surface area contributed by atoms with Crippen molar-refractivity contribution in [3.05, 3.63) is 70.5 Å². The normalized spacial score (nSPS) is 18.4. The van der Waals surface area contributed by atoms with Crippen molar-refractivity contribution in [3.8, 4) is 11.8 Å². The second-order valence-electron chi connectivity index (χ2n) is 5.13. The molecule has 3 nitrogen and oxygen atoms in total. The van der Waals surface area contributed by atoms with Gasteiger partial charge in [-0.05, 0) is 30.7 Å². The third-order valence-electron chi connectivity index (χ3n) is 3.77. The summed E-state index contributed by atoms with van der Waals surface area (Å²) in [7, 11) is 0. The molecule has 0 spiro atoms. The molecule has 0 fully saturated rings. The minimum absolute atomic E-state index is 0.202. The zero-order valence-electron chi connectivity index (χ0n) is 12.0. The van der Waals surface area contributed by atoms with Gasteiger partial charge < -0.3 is 9.84 Å². The first-order chi connectivity index (χ1) is 10.7. The van der Waals surface area contributed by atoms with Gasteiger partial charge in [-0.25, -0.2) is 4.39 Å². The maximum absolute atomic E-state index is 13.7. The Labute approximate surface area is 127 Å². The number of hydrogen-bond acceptors (Lipinski definition) is 3. The van der Waals surface area contributed by atoms with E-state index < -0.39 is 11.9 Å². The van der Waals surface area contributed by atoms with Crippen molar-refractivity contribution in [1.82, 2.24) is 0 Å². The van der Waals surface area contributed by atoms with Gasteiger partial charge in [0, 0.05) is 22.3 Å². The zero-order valence-corrected chi connectivity index (χ0v) is 12.0. The van der Waals surface area contributed by atoms with E-state index in [2.05, 4.69) is 6.07 Å². The molecule has 1 aliphatic rings. The van der Waals surface area contributed by atoms with Gasteiger partial charge in [-0.15, -0.1) is 0 Å². The molecular weight excluding hydrogens is 281 g/mol. The molecule has 110 valence electrons. The molecule has 0 saturated heterocycles. The number of rotatable bonds is 1. The van der Waals surface area contributed by atoms with Crippen LogP contribution >= 0.6 is 0 Å². The number of nitrogens with zero attached hydrogens (tertiary/aromatic N) is 1. The third-order valence-corrected chi connectivity index (χ3v) is 3.77. The number of hydrogen-bond donors (Lipinski definition) is 1. The SMILES string of the molecule is C/C(C#N)=C1\c2cc(F)ccc2OC(CO)c2ccccc21. The monoisotopic (exact) mass is 295 g/mol. The Morgan fingerprint density at radius 2 is 2.05 bits per heavy atom. The van der Waals surface area contributed by atoms with Gasteiger partial charge in [0.2, 0.25) is 0 Å². The van der Waals surface area contributed by atoms with Crippen LogP contribution in [-0.2, 0) is 0 Å². The zero-order chi connectivity index (χ0) is 15.7. The molecule has 0 bridgehead atoms. The maximum atomic E-state index is 13.7. The topological polar surface area (TPSA) is 53.2 Å². The van der Waals surface area contributed by atoms with Gasteiger partial charge >= 0.3 is 0 Å². The van der Waals surface area contributed by atoms with Gasteiger partial charge in [0.05, 0.1) is 12.7 Å². The number of fused-ring (bicyclic) bond motifs is 2. The average Bonchev–Trinajstić information content (AvgIpc) is 2.68. The lowest BCUT2D eigenvalue weighted by Crippen LogP contribution is -2.12. The van der Waals surface area contributed by atoms with Gasteiger partial charge in [-0.2, -0.15) is 5.26 Å². The second-order valence-corrected chi connectivity index (χ2v) is 5.13. The first-order valence-corrected chi connectivity index (χ1v) is 6.93. The molecule has 1 heterocycles. The Kier molecular flexibility index (Phi) is 3.66. The van der Waals surface area contributed by atoms with Crippen molar-refractivity contribution < 1.29 is 14.2 Å². The van der Waals surface area contributed by atoms with Crippen molar-refractivity contribution in [2.75, 3.05) is 6.61 Å². The van der Waals surface area contributed by atoms with Crippen LogP contribution in [0.4, 0.5) is 4.39 Å². The Morgan fingerprint density at radius 1 is 1.27 bits per heavy atom. The van der Waals surface area contributed by atoms with Crippen LogP contribution in [0.5, 0.6) is 5.75 Å². The maximum Gasteiger partial charge on any atom is 0.147 e. The van der Waals surface area contributed by atoms with E-state index in [0.29, 0.717) is 22.5 Å². The molecule has 1 aliphatic heterocycles. The van der Waals surface area contributed by atoms with Crippen molar-refractivity contribution in [2.45, 2.75) is 13.0 Å². The number of nitriles is 1. The lowest BCUT2D eigenvalue weighted by molar-refractivity contribution is 0.117. The van der Waals surface area contributed by atoms with Gasteiger partial charge in [0.15, 0.2) is 0 Å². The summed E-state index contributed by atoms with van der Waals surface area (Å²) in [5.41, 5.74) is 3.21. The minimum Gasteiger partial charge on any atom is -0.483 e. The fourth-order valence-electron chi connectivity index (χ4n) is 2.76. The van der Waals surface area contributed by atoms with Crippen molar-refractivity contribution in [3.63, 3.8) is 0 Å². The van der Waals surface area contributed by atoms with Crippen molar-refractivity contribution in [1.29, 1.82) is 5.26 Å². The number of ether oxygens (including phenoxy) is 1. The molecule has 0 saturated carbocycles. The predicted molar refractivity (Wildman–Crippen MR) is 80.6 cm³/mol. The molecule has 1 N–H and O–H groups in total. The van der Waals surface area contributed by atoms with Crippen LogP contribution in [0, 0.1) is 17.1 Å². The van der Waals surface area contributed by atoms with Crippen LogP contribution < -0.4 is 4.74 Å². The number of aliphatic hydroxyl groups excluding tert-OH is 1. The standard InChI is InChI=1S/C18H14FNO2/c1-11(9-20)18-14-5-3-2-4-13(14)17(10-21)22-16-7-6-12(19)8-15(16)18/h2-8,17,21H,10H2,1H3/b18-11+. The van der Waals surface area contributed by atoms with E-state index in [4.69, 9.17) is 4.74 Å². The lowest BCUT2D eigenvalue weighted by atomic mass is 9.89. The highest BCUT2D eigenvalue weighted by Gasteiger charge is 2.27. The molecular formula is C18H14FNO2. The summed E-state index contributed by atoms with van der Waals surface area (Å²) in [4.78, 5) is 0. The van der Waals surface area contributed by atoms with Gasteiger partial charge in [0.1, 0.15) is 17.7 Å². The van der Waals surface area contributed by atoms with Crippen LogP contribution in [0.15, 0.2) is 48.0 Å². The van der Waals surface area contributed by atoms with E-state index in [0.717, 1.165) is 11.1 Å². The van der Waals surface area contributed by atoms with E-state index in [1.807, 2.05) is 24.3 Å². The Balaban J connectivity index is 2.39. The number of allylic oxidation sites excluding steroid dienone is 1. The van der Waals surface area contributed by atoms with Crippen LogP contribution in [0.1, 0.15) is 29.7 Å². The van der Waals surface area contributed by atoms with E-state index in [-0.39, 0.29) is 6.61 Å². The summed E-state index contributed by atoms with van der Waals surface area (Å²) in [6.07, 6.45) is -0.551. The highest BCUT2D eigenvalue weighted by atomic mass is 19.1. The van der Waals surface area contributed by atoms with E-state index in [9.17, 15) is 14.8 Å². The average molecular weight is 295 g/mol. The van der Waals surface area contributed by atoms with Gasteiger partial charge in [0.25, 0.3) is 0 Å². The quantitative estimate of drug-likeness (QED) is 0.818. The summed E-state index contributed by atoms with van der Waals surface area (Å²) in [5.74, 6) is 0.0618. The molecule has 1 unspecified atom stereocenters. The summed E-state index contributed by atoms with van der Waals surface area (Å²) in [5, 5.41) is 19.0. The van der Waals surface area contributed by atoms with Crippen LogP contribution in [0.3, 0.4) is 0 Å². The Bertz CT molecular complexity index is 805. The first kappa shape index (κ1) is 14.3. The predicted octanol–water partition coefficient (Wildman–Crippen LogP) is 3.60. The molecule has 4 heteroatoms.